The van der Waals surface area contributed by atoms with Gasteiger partial charge in [0, 0.05) is 11.3 Å². The van der Waals surface area contributed by atoms with Gasteiger partial charge in [-0.3, -0.25) is 0 Å². The van der Waals surface area contributed by atoms with Gasteiger partial charge in [0.15, 0.2) is 0 Å². The quantitative estimate of drug-likeness (QED) is 0.435. The molecule has 2 aromatic rings. The molecule has 4 heteroatoms. The molecule has 0 bridgehead atoms. The van der Waals surface area contributed by atoms with E-state index in [0.29, 0.717) is 11.1 Å². The molecule has 1 atom stereocenters. The standard InChI is InChI=1S/C19H24Cl2N2/c1-3-14(10-11-15-8-6-5-7-9-15)12-13-16-17(4-2)22-19(21)23-18(16)20/h5-9,14H,3-4,10-13H2,1-2H3. The third kappa shape index (κ3) is 5.47. The van der Waals surface area contributed by atoms with E-state index in [1.165, 1.54) is 18.4 Å². The summed E-state index contributed by atoms with van der Waals surface area (Å²) in [5, 5.41) is 0.756. The van der Waals surface area contributed by atoms with Crippen molar-refractivity contribution in [2.75, 3.05) is 0 Å². The van der Waals surface area contributed by atoms with Gasteiger partial charge in [-0.15, -0.1) is 0 Å². The third-order valence-electron chi connectivity index (χ3n) is 4.41. The molecule has 0 N–H and O–H groups in total. The second kappa shape index (κ2) is 9.24. The van der Waals surface area contributed by atoms with Crippen molar-refractivity contribution in [1.29, 1.82) is 0 Å². The van der Waals surface area contributed by atoms with Crippen molar-refractivity contribution >= 4 is 23.2 Å². The maximum absolute atomic E-state index is 6.28. The number of hydrogen-bond donors (Lipinski definition) is 0. The zero-order chi connectivity index (χ0) is 16.7. The van der Waals surface area contributed by atoms with Crippen LogP contribution in [0.3, 0.4) is 0 Å². The summed E-state index contributed by atoms with van der Waals surface area (Å²) >= 11 is 12.2. The van der Waals surface area contributed by atoms with Crippen LogP contribution >= 0.6 is 23.2 Å². The highest BCUT2D eigenvalue weighted by molar-refractivity contribution is 6.32. The van der Waals surface area contributed by atoms with Crippen molar-refractivity contribution in [2.24, 2.45) is 5.92 Å². The summed E-state index contributed by atoms with van der Waals surface area (Å²) in [7, 11) is 0. The fourth-order valence-electron chi connectivity index (χ4n) is 2.93. The molecule has 0 saturated heterocycles. The van der Waals surface area contributed by atoms with Crippen molar-refractivity contribution in [3.8, 4) is 0 Å². The monoisotopic (exact) mass is 350 g/mol. The second-order valence-electron chi connectivity index (χ2n) is 5.90. The number of aryl methyl sites for hydroxylation is 2. The van der Waals surface area contributed by atoms with Crippen molar-refractivity contribution in [3.05, 3.63) is 57.6 Å². The first kappa shape index (κ1) is 18.2. The van der Waals surface area contributed by atoms with Gasteiger partial charge in [-0.25, -0.2) is 9.97 Å². The molecule has 0 aliphatic carbocycles. The zero-order valence-corrected chi connectivity index (χ0v) is 15.4. The molecule has 1 unspecified atom stereocenters. The van der Waals surface area contributed by atoms with Crippen molar-refractivity contribution in [3.63, 3.8) is 0 Å². The molecule has 1 heterocycles. The van der Waals surface area contributed by atoms with Crippen LogP contribution in [-0.2, 0) is 19.3 Å². The predicted octanol–water partition coefficient (Wildman–Crippen LogP) is 5.94. The van der Waals surface area contributed by atoms with Crippen molar-refractivity contribution in [2.45, 2.75) is 52.4 Å². The molecule has 0 saturated carbocycles. The maximum atomic E-state index is 6.28. The van der Waals surface area contributed by atoms with Gasteiger partial charge in [0.25, 0.3) is 0 Å². The Morgan fingerprint density at radius 2 is 1.65 bits per heavy atom. The van der Waals surface area contributed by atoms with Gasteiger partial charge in [-0.1, -0.05) is 62.2 Å². The fourth-order valence-corrected chi connectivity index (χ4v) is 3.44. The minimum Gasteiger partial charge on any atom is -0.223 e. The van der Waals surface area contributed by atoms with E-state index < -0.39 is 0 Å². The summed E-state index contributed by atoms with van der Waals surface area (Å²) in [6.45, 7) is 4.33. The van der Waals surface area contributed by atoms with Gasteiger partial charge in [-0.2, -0.15) is 0 Å². The van der Waals surface area contributed by atoms with Crippen molar-refractivity contribution in [1.82, 2.24) is 9.97 Å². The largest absolute Gasteiger partial charge is 0.224 e. The van der Waals surface area contributed by atoms with Gasteiger partial charge >= 0.3 is 0 Å². The molecule has 23 heavy (non-hydrogen) atoms. The van der Waals surface area contributed by atoms with Crippen LogP contribution in [0.25, 0.3) is 0 Å². The van der Waals surface area contributed by atoms with Crippen LogP contribution in [0, 0.1) is 5.92 Å². The first-order valence-electron chi connectivity index (χ1n) is 8.38. The SMILES string of the molecule is CCc1nc(Cl)nc(Cl)c1CCC(CC)CCc1ccccc1. The summed E-state index contributed by atoms with van der Waals surface area (Å²) in [5.41, 5.74) is 3.46. The molecule has 2 nitrogen and oxygen atoms in total. The van der Waals surface area contributed by atoms with E-state index in [9.17, 15) is 0 Å². The van der Waals surface area contributed by atoms with Crippen LogP contribution in [0.5, 0.6) is 0 Å². The Balaban J connectivity index is 1.95. The van der Waals surface area contributed by atoms with Crippen LogP contribution < -0.4 is 0 Å². The number of benzene rings is 1. The molecule has 0 fully saturated rings. The topological polar surface area (TPSA) is 25.8 Å². The van der Waals surface area contributed by atoms with E-state index in [4.69, 9.17) is 23.2 Å². The lowest BCUT2D eigenvalue weighted by molar-refractivity contribution is 0.436. The maximum Gasteiger partial charge on any atom is 0.224 e. The van der Waals surface area contributed by atoms with Gasteiger partial charge in [0.2, 0.25) is 5.28 Å². The highest BCUT2D eigenvalue weighted by Crippen LogP contribution is 2.25. The average Bonchev–Trinajstić information content (AvgIpc) is 2.56. The minimum atomic E-state index is 0.242. The average molecular weight is 351 g/mol. The first-order valence-corrected chi connectivity index (χ1v) is 9.14. The van der Waals surface area contributed by atoms with Crippen LogP contribution in [0.15, 0.2) is 30.3 Å². The van der Waals surface area contributed by atoms with Gasteiger partial charge in [0.05, 0.1) is 0 Å². The Bertz CT molecular complexity index is 614. The summed E-state index contributed by atoms with van der Waals surface area (Å²) < 4.78 is 0. The Morgan fingerprint density at radius 3 is 2.30 bits per heavy atom. The number of halogens is 2. The Labute approximate surface area is 149 Å². The van der Waals surface area contributed by atoms with Crippen molar-refractivity contribution < 1.29 is 0 Å². The van der Waals surface area contributed by atoms with E-state index in [1.807, 2.05) is 0 Å². The normalized spacial score (nSPS) is 12.3. The number of hydrogen-bond acceptors (Lipinski definition) is 2. The summed E-state index contributed by atoms with van der Waals surface area (Å²) in [5.74, 6) is 0.687. The highest BCUT2D eigenvalue weighted by Gasteiger charge is 2.14. The smallest absolute Gasteiger partial charge is 0.223 e. The van der Waals surface area contributed by atoms with E-state index in [-0.39, 0.29) is 5.28 Å². The second-order valence-corrected chi connectivity index (χ2v) is 6.60. The zero-order valence-electron chi connectivity index (χ0n) is 13.9. The lowest BCUT2D eigenvalue weighted by atomic mass is 9.91. The van der Waals surface area contributed by atoms with Crippen LogP contribution in [-0.4, -0.2) is 9.97 Å². The number of rotatable bonds is 8. The molecule has 0 radical (unpaired) electrons. The number of nitrogens with zero attached hydrogens (tertiary/aromatic N) is 2. The van der Waals surface area contributed by atoms with E-state index in [0.717, 1.165) is 36.9 Å². The highest BCUT2D eigenvalue weighted by atomic mass is 35.5. The summed E-state index contributed by atoms with van der Waals surface area (Å²) in [6.07, 6.45) is 6.38. The Morgan fingerprint density at radius 1 is 0.957 bits per heavy atom. The molecular formula is C19H24Cl2N2. The first-order chi connectivity index (χ1) is 11.1. The van der Waals surface area contributed by atoms with E-state index in [1.54, 1.807) is 0 Å². The molecule has 0 spiro atoms. The fraction of sp³-hybridized carbons (Fsp3) is 0.474. The molecule has 124 valence electrons. The van der Waals surface area contributed by atoms with E-state index in [2.05, 4.69) is 54.1 Å². The third-order valence-corrected chi connectivity index (χ3v) is 4.90. The molecule has 1 aromatic heterocycles. The van der Waals surface area contributed by atoms with Gasteiger partial charge < -0.3 is 0 Å². The minimum absolute atomic E-state index is 0.242. The predicted molar refractivity (Wildman–Crippen MR) is 98.3 cm³/mol. The van der Waals surface area contributed by atoms with Gasteiger partial charge in [0.1, 0.15) is 5.15 Å². The van der Waals surface area contributed by atoms with Crippen LogP contribution in [0.2, 0.25) is 10.4 Å². The lowest BCUT2D eigenvalue weighted by Crippen LogP contribution is -2.07. The summed E-state index contributed by atoms with van der Waals surface area (Å²) in [4.78, 5) is 8.42. The lowest BCUT2D eigenvalue weighted by Gasteiger charge is -2.16. The molecular weight excluding hydrogens is 327 g/mol. The molecule has 2 rings (SSSR count). The van der Waals surface area contributed by atoms with E-state index >= 15 is 0 Å². The molecule has 0 amide bonds. The Kier molecular flexibility index (Phi) is 7.32. The van der Waals surface area contributed by atoms with Crippen LogP contribution in [0.4, 0.5) is 0 Å². The molecule has 0 aliphatic rings. The molecule has 0 aliphatic heterocycles. The van der Waals surface area contributed by atoms with Crippen LogP contribution in [0.1, 0.15) is 49.9 Å². The van der Waals surface area contributed by atoms with Gasteiger partial charge in [-0.05, 0) is 55.2 Å². The number of aromatic nitrogens is 2. The Hall–Kier alpha value is -1.12. The summed E-state index contributed by atoms with van der Waals surface area (Å²) in [6, 6.07) is 10.7. The molecule has 1 aromatic carbocycles.